The van der Waals surface area contributed by atoms with Crippen molar-refractivity contribution in [2.45, 2.75) is 34.1 Å². The molecule has 0 aromatic heterocycles. The minimum atomic E-state index is -2.74. The Morgan fingerprint density at radius 2 is 1.03 bits per heavy atom. The highest BCUT2D eigenvalue weighted by atomic mass is 28.4. The van der Waals surface area contributed by atoms with Gasteiger partial charge in [0, 0.05) is 75.2 Å². The Morgan fingerprint density at radius 1 is 0.706 bits per heavy atom. The monoisotopic (exact) mass is 520 g/mol. The number of nitrogens with two attached hydrogens (primary N) is 2. The predicted octanol–water partition coefficient (Wildman–Crippen LogP) is -1.08. The summed E-state index contributed by atoms with van der Waals surface area (Å²) in [6, 6.07) is 0. The van der Waals surface area contributed by atoms with Crippen LogP contribution in [0, 0.1) is 0 Å². The van der Waals surface area contributed by atoms with Gasteiger partial charge in [-0.15, -0.1) is 0 Å². The number of nitrogens with zero attached hydrogens (tertiary/aromatic N) is 1. The average molecular weight is 521 g/mol. The molecule has 0 atom stereocenters. The van der Waals surface area contributed by atoms with Crippen LogP contribution >= 0.6 is 0 Å². The summed E-state index contributed by atoms with van der Waals surface area (Å²) in [7, 11) is 2.10. The van der Waals surface area contributed by atoms with Crippen molar-refractivity contribution < 1.29 is 52.9 Å². The number of carbonyl (C=O) groups is 4. The highest BCUT2D eigenvalue weighted by molar-refractivity contribution is 6.57. The van der Waals surface area contributed by atoms with Crippen LogP contribution in [0.3, 0.4) is 0 Å². The molecule has 0 aliphatic carbocycles. The second-order valence-electron chi connectivity index (χ2n) is 5.88. The van der Waals surface area contributed by atoms with Crippen LogP contribution in [-0.4, -0.2) is 118 Å². The van der Waals surface area contributed by atoms with Crippen LogP contribution in [0.2, 0.25) is 0 Å². The molecule has 0 fully saturated rings. The van der Waals surface area contributed by atoms with E-state index in [0.717, 1.165) is 60.3 Å². The molecule has 16 heteroatoms. The molecule has 15 nitrogen and oxygen atoms in total. The van der Waals surface area contributed by atoms with Gasteiger partial charge in [0.2, 0.25) is 0 Å². The van der Waals surface area contributed by atoms with Gasteiger partial charge in [-0.2, -0.15) is 0 Å². The smallest absolute Gasteiger partial charge is 0.481 e. The van der Waals surface area contributed by atoms with Gasteiger partial charge in [0.1, 0.15) is 0 Å². The Bertz CT molecular complexity index is 438. The van der Waals surface area contributed by atoms with Gasteiger partial charge < -0.3 is 50.5 Å². The fourth-order valence-electron chi connectivity index (χ4n) is 1.75. The van der Waals surface area contributed by atoms with Crippen molar-refractivity contribution in [3.05, 3.63) is 0 Å². The normalized spacial score (nSPS) is 9.47. The second kappa shape index (κ2) is 30.8. The van der Waals surface area contributed by atoms with Gasteiger partial charge in [0.05, 0.1) is 0 Å². The van der Waals surface area contributed by atoms with Crippen molar-refractivity contribution in [2.75, 3.05) is 60.6 Å². The molecule has 0 amide bonds. The Kier molecular flexibility index (Phi) is 38.1. The lowest BCUT2D eigenvalue weighted by atomic mass is 10.4. The van der Waals surface area contributed by atoms with E-state index in [9.17, 15) is 0 Å². The molecule has 0 radical (unpaired) electrons. The Labute approximate surface area is 202 Å². The molecule has 0 saturated heterocycles. The van der Waals surface area contributed by atoms with Gasteiger partial charge in [0.25, 0.3) is 23.9 Å². The predicted molar refractivity (Wildman–Crippen MR) is 127 cm³/mol. The number of hydrogen-bond acceptors (Lipinski definition) is 11. The molecular formula is C18H44N4O11Si. The first-order valence-corrected chi connectivity index (χ1v) is 11.6. The van der Waals surface area contributed by atoms with Crippen LogP contribution in [0.1, 0.15) is 34.1 Å². The molecule has 206 valence electrons. The lowest BCUT2D eigenvalue weighted by Gasteiger charge is -2.35. The topological polar surface area (TPSA) is 244 Å². The van der Waals surface area contributed by atoms with E-state index in [1.807, 2.05) is 0 Å². The molecule has 0 heterocycles. The van der Waals surface area contributed by atoms with Gasteiger partial charge in [-0.25, -0.2) is 0 Å². The van der Waals surface area contributed by atoms with Crippen molar-refractivity contribution in [1.29, 1.82) is 0 Å². The summed E-state index contributed by atoms with van der Waals surface area (Å²) in [6.07, 6.45) is 0.877. The van der Waals surface area contributed by atoms with E-state index in [-0.39, 0.29) is 0 Å². The Balaban J connectivity index is -0.000000141. The van der Waals surface area contributed by atoms with Crippen LogP contribution in [0.15, 0.2) is 0 Å². The van der Waals surface area contributed by atoms with Crippen LogP contribution in [0.5, 0.6) is 0 Å². The van der Waals surface area contributed by atoms with E-state index in [0.29, 0.717) is 13.1 Å². The molecule has 9 N–H and O–H groups in total. The zero-order valence-corrected chi connectivity index (χ0v) is 22.2. The Hall–Kier alpha value is -2.18. The third-order valence-corrected chi connectivity index (χ3v) is 5.44. The first kappa shape index (κ1) is 42.0. The third kappa shape index (κ3) is 47.6. The summed E-state index contributed by atoms with van der Waals surface area (Å²) in [5, 5.41) is 32.9. The molecular weight excluding hydrogens is 476 g/mol. The maximum atomic E-state index is 9.00. The van der Waals surface area contributed by atoms with Gasteiger partial charge in [-0.3, -0.25) is 23.7 Å². The van der Waals surface area contributed by atoms with E-state index >= 15 is 0 Å². The zero-order valence-electron chi connectivity index (χ0n) is 21.2. The number of carboxylic acid groups (broad SMARTS) is 4. The lowest BCUT2D eigenvalue weighted by Crippen LogP contribution is -2.61. The third-order valence-electron chi connectivity index (χ3n) is 2.67. The molecule has 0 bridgehead atoms. The second-order valence-corrected chi connectivity index (χ2v) is 8.79. The summed E-state index contributed by atoms with van der Waals surface area (Å²) < 4.78 is 18.5. The number of aliphatic carboxylic acids is 4. The van der Waals surface area contributed by atoms with E-state index < -0.39 is 32.8 Å². The van der Waals surface area contributed by atoms with Gasteiger partial charge in [-0.05, 0) is 19.5 Å². The van der Waals surface area contributed by atoms with Gasteiger partial charge >= 0.3 is 8.97 Å². The standard InChI is InChI=1S/C10H28N4O3Si.4C2H4O2/c1-15-18(16-2,17-3)14(9-4-5-11)10-8-13-7-6-12;4*1-2(3)4/h13H,4-12H2,1-3H3;4*1H3,(H,3,4). The lowest BCUT2D eigenvalue weighted by molar-refractivity contribution is -0.135. The maximum absolute atomic E-state index is 9.00. The highest BCUT2D eigenvalue weighted by Crippen LogP contribution is 2.13. The van der Waals surface area contributed by atoms with Crippen LogP contribution < -0.4 is 16.8 Å². The maximum Gasteiger partial charge on any atom is 0.598 e. The molecule has 0 unspecified atom stereocenters. The van der Waals surface area contributed by atoms with Crippen molar-refractivity contribution in [1.82, 2.24) is 9.88 Å². The van der Waals surface area contributed by atoms with Crippen LogP contribution in [-0.2, 0) is 32.5 Å². The molecule has 0 saturated carbocycles. The van der Waals surface area contributed by atoms with E-state index in [2.05, 4.69) is 9.88 Å². The minimum Gasteiger partial charge on any atom is -0.481 e. The molecule has 0 rings (SSSR count). The number of rotatable bonds is 12. The summed E-state index contributed by atoms with van der Waals surface area (Å²) >= 11 is 0. The average Bonchev–Trinajstić information content (AvgIpc) is 2.68. The van der Waals surface area contributed by atoms with Crippen molar-refractivity contribution in [3.8, 4) is 0 Å². The highest BCUT2D eigenvalue weighted by Gasteiger charge is 2.45. The first-order chi connectivity index (χ1) is 15.6. The SMILES string of the molecule is CC(=O)O.CC(=O)O.CC(=O)O.CC(=O)O.CO[Si](OC)(OC)N(CCCN)CCNCCN. The zero-order chi connectivity index (χ0) is 28.2. The van der Waals surface area contributed by atoms with Crippen LogP contribution in [0.25, 0.3) is 0 Å². The molecule has 0 spiro atoms. The summed E-state index contributed by atoms with van der Waals surface area (Å²) in [6.45, 7) is 8.78. The quantitative estimate of drug-likeness (QED) is 0.119. The number of carboxylic acids is 4. The van der Waals surface area contributed by atoms with Gasteiger partial charge in [0.15, 0.2) is 0 Å². The summed E-state index contributed by atoms with van der Waals surface area (Å²) in [4.78, 5) is 36.0. The van der Waals surface area contributed by atoms with E-state index in [1.165, 1.54) is 0 Å². The molecule has 0 aliphatic heterocycles. The largest absolute Gasteiger partial charge is 0.598 e. The Morgan fingerprint density at radius 3 is 1.26 bits per heavy atom. The summed E-state index contributed by atoms with van der Waals surface area (Å²) in [5.41, 5.74) is 11.0. The van der Waals surface area contributed by atoms with Gasteiger partial charge in [-0.1, -0.05) is 0 Å². The van der Waals surface area contributed by atoms with Crippen LogP contribution in [0.4, 0.5) is 0 Å². The number of hydrogen-bond donors (Lipinski definition) is 7. The van der Waals surface area contributed by atoms with E-state index in [1.54, 1.807) is 21.3 Å². The minimum absolute atomic E-state index is 0.629. The number of nitrogens with one attached hydrogen (secondary N) is 1. The molecule has 0 aliphatic rings. The van der Waals surface area contributed by atoms with Crippen molar-refractivity contribution in [2.24, 2.45) is 11.5 Å². The summed E-state index contributed by atoms with van der Waals surface area (Å²) in [5.74, 6) is -3.33. The molecule has 34 heavy (non-hydrogen) atoms. The first-order valence-electron chi connectivity index (χ1n) is 9.93. The van der Waals surface area contributed by atoms with Crippen molar-refractivity contribution >= 4 is 32.8 Å². The fourth-order valence-corrected chi connectivity index (χ4v) is 3.84. The fraction of sp³-hybridized carbons (Fsp3) is 0.778. The van der Waals surface area contributed by atoms with Crippen molar-refractivity contribution in [3.63, 3.8) is 0 Å². The molecule has 0 aromatic rings. The van der Waals surface area contributed by atoms with E-state index in [4.69, 9.17) is 64.3 Å². The molecule has 0 aromatic carbocycles.